The minimum Gasteiger partial charge on any atom is -0.374 e. The number of hydrogen-bond donors (Lipinski definition) is 1. The van der Waals surface area contributed by atoms with Gasteiger partial charge in [0, 0.05) is 12.6 Å². The maximum atomic E-state index is 6.15. The molecule has 0 spiro atoms. The molecule has 0 heterocycles. The van der Waals surface area contributed by atoms with Gasteiger partial charge in [-0.3, -0.25) is 0 Å². The van der Waals surface area contributed by atoms with Crippen LogP contribution in [0.5, 0.6) is 0 Å². The lowest BCUT2D eigenvalue weighted by atomic mass is 9.80. The van der Waals surface area contributed by atoms with Gasteiger partial charge in [-0.25, -0.2) is 0 Å². The summed E-state index contributed by atoms with van der Waals surface area (Å²) in [7, 11) is 0. The van der Waals surface area contributed by atoms with Crippen molar-refractivity contribution in [3.05, 3.63) is 0 Å². The molecule has 0 aromatic carbocycles. The topological polar surface area (TPSA) is 21.3 Å². The maximum absolute atomic E-state index is 6.15. The molecule has 1 unspecified atom stereocenters. The predicted molar refractivity (Wildman–Crippen MR) is 81.1 cm³/mol. The first-order valence-electron chi connectivity index (χ1n) is 7.72. The van der Waals surface area contributed by atoms with Crippen LogP contribution in [0.2, 0.25) is 0 Å². The Balaban J connectivity index is 4.79. The normalized spacial score (nSPS) is 14.8. The van der Waals surface area contributed by atoms with Crippen molar-refractivity contribution in [2.24, 2.45) is 5.41 Å². The molecule has 0 aliphatic carbocycles. The summed E-state index contributed by atoms with van der Waals surface area (Å²) in [6.07, 6.45) is 4.59. The average molecular weight is 257 g/mol. The van der Waals surface area contributed by atoms with E-state index in [9.17, 15) is 0 Å². The first-order valence-corrected chi connectivity index (χ1v) is 7.72. The molecule has 2 heteroatoms. The van der Waals surface area contributed by atoms with Crippen LogP contribution in [0, 0.1) is 5.41 Å². The van der Waals surface area contributed by atoms with E-state index in [4.69, 9.17) is 4.74 Å². The van der Waals surface area contributed by atoms with Crippen molar-refractivity contribution in [2.75, 3.05) is 13.2 Å². The molecule has 0 fully saturated rings. The van der Waals surface area contributed by atoms with E-state index < -0.39 is 0 Å². The van der Waals surface area contributed by atoms with E-state index in [0.717, 1.165) is 26.0 Å². The number of ether oxygens (including phenoxy) is 1. The van der Waals surface area contributed by atoms with E-state index in [1.807, 2.05) is 0 Å². The van der Waals surface area contributed by atoms with Crippen molar-refractivity contribution >= 4 is 0 Å². The van der Waals surface area contributed by atoms with Crippen LogP contribution in [0.25, 0.3) is 0 Å². The fraction of sp³-hybridized carbons (Fsp3) is 1.00. The summed E-state index contributed by atoms with van der Waals surface area (Å²) in [6, 6.07) is 0.469. The second-order valence-corrected chi connectivity index (χ2v) is 6.41. The van der Waals surface area contributed by atoms with Gasteiger partial charge in [-0.15, -0.1) is 0 Å². The Morgan fingerprint density at radius 1 is 1.00 bits per heavy atom. The second-order valence-electron chi connectivity index (χ2n) is 6.41. The number of rotatable bonds is 9. The van der Waals surface area contributed by atoms with Crippen LogP contribution >= 0.6 is 0 Å². The summed E-state index contributed by atoms with van der Waals surface area (Å²) in [6.45, 7) is 17.6. The fourth-order valence-corrected chi connectivity index (χ4v) is 2.71. The van der Waals surface area contributed by atoms with Crippen LogP contribution in [-0.4, -0.2) is 24.8 Å². The molecule has 0 aromatic rings. The summed E-state index contributed by atoms with van der Waals surface area (Å²) in [5, 5.41) is 3.66. The SMILES string of the molecule is CCNC(CCC(C)(C)C)C(CC)(CC)OCC. The Labute approximate surface area is 115 Å². The van der Waals surface area contributed by atoms with Crippen LogP contribution in [0.4, 0.5) is 0 Å². The Morgan fingerprint density at radius 3 is 1.89 bits per heavy atom. The fourth-order valence-electron chi connectivity index (χ4n) is 2.71. The van der Waals surface area contributed by atoms with Gasteiger partial charge in [-0.2, -0.15) is 0 Å². The van der Waals surface area contributed by atoms with E-state index in [1.54, 1.807) is 0 Å². The van der Waals surface area contributed by atoms with Crippen molar-refractivity contribution in [1.29, 1.82) is 0 Å². The van der Waals surface area contributed by atoms with Gasteiger partial charge >= 0.3 is 0 Å². The smallest absolute Gasteiger partial charge is 0.0829 e. The molecular weight excluding hydrogens is 222 g/mol. The van der Waals surface area contributed by atoms with Crippen molar-refractivity contribution < 1.29 is 4.74 Å². The largest absolute Gasteiger partial charge is 0.374 e. The molecule has 0 saturated heterocycles. The molecule has 0 saturated carbocycles. The zero-order valence-electron chi connectivity index (χ0n) is 13.7. The molecular formula is C16H35NO. The maximum Gasteiger partial charge on any atom is 0.0829 e. The minimum absolute atomic E-state index is 0.00993. The number of hydrogen-bond acceptors (Lipinski definition) is 2. The molecule has 1 N–H and O–H groups in total. The highest BCUT2D eigenvalue weighted by Gasteiger charge is 2.36. The minimum atomic E-state index is 0.00993. The molecule has 2 nitrogen and oxygen atoms in total. The van der Waals surface area contributed by atoms with Gasteiger partial charge in [-0.05, 0) is 44.6 Å². The molecule has 0 aliphatic heterocycles. The highest BCUT2D eigenvalue weighted by molar-refractivity contribution is 4.92. The summed E-state index contributed by atoms with van der Waals surface area (Å²) in [5.41, 5.74) is 0.406. The van der Waals surface area contributed by atoms with Crippen LogP contribution < -0.4 is 5.32 Å². The molecule has 0 aromatic heterocycles. The Bertz CT molecular complexity index is 204. The molecule has 0 rings (SSSR count). The van der Waals surface area contributed by atoms with Crippen LogP contribution in [0.1, 0.15) is 74.1 Å². The molecule has 0 bridgehead atoms. The summed E-state index contributed by atoms with van der Waals surface area (Å²) in [4.78, 5) is 0. The average Bonchev–Trinajstić information content (AvgIpc) is 2.31. The standard InChI is InChI=1S/C16H35NO/c1-8-16(9-2,18-11-4)14(17-10-3)12-13-15(5,6)7/h14,17H,8-13H2,1-7H3. The zero-order chi connectivity index (χ0) is 14.2. The van der Waals surface area contributed by atoms with Crippen molar-refractivity contribution in [2.45, 2.75) is 85.8 Å². The third-order valence-electron chi connectivity index (χ3n) is 3.90. The van der Waals surface area contributed by atoms with Crippen molar-refractivity contribution in [3.8, 4) is 0 Å². The van der Waals surface area contributed by atoms with Crippen LogP contribution in [0.3, 0.4) is 0 Å². The van der Waals surface area contributed by atoms with Gasteiger partial charge in [0.2, 0.25) is 0 Å². The monoisotopic (exact) mass is 257 g/mol. The van der Waals surface area contributed by atoms with Crippen LogP contribution in [-0.2, 0) is 4.74 Å². The molecule has 0 amide bonds. The van der Waals surface area contributed by atoms with Crippen molar-refractivity contribution in [1.82, 2.24) is 5.32 Å². The molecule has 110 valence electrons. The lowest BCUT2D eigenvalue weighted by Crippen LogP contribution is -2.52. The van der Waals surface area contributed by atoms with Gasteiger partial charge < -0.3 is 10.1 Å². The quantitative estimate of drug-likeness (QED) is 0.661. The number of likely N-dealkylation sites (N-methyl/N-ethyl adjacent to an activating group) is 1. The summed E-state index contributed by atoms with van der Waals surface area (Å²) in [5.74, 6) is 0. The summed E-state index contributed by atoms with van der Waals surface area (Å²) < 4.78 is 6.15. The molecule has 18 heavy (non-hydrogen) atoms. The number of nitrogens with one attached hydrogen (secondary N) is 1. The molecule has 0 radical (unpaired) electrons. The summed E-state index contributed by atoms with van der Waals surface area (Å²) >= 11 is 0. The third kappa shape index (κ3) is 5.71. The van der Waals surface area contributed by atoms with Gasteiger partial charge in [0.25, 0.3) is 0 Å². The Kier molecular flexibility index (Phi) is 8.13. The lowest BCUT2D eigenvalue weighted by Gasteiger charge is -2.41. The first kappa shape index (κ1) is 17.9. The second kappa shape index (κ2) is 8.16. The van der Waals surface area contributed by atoms with Crippen molar-refractivity contribution in [3.63, 3.8) is 0 Å². The van der Waals surface area contributed by atoms with E-state index in [1.165, 1.54) is 12.8 Å². The Hall–Kier alpha value is -0.0800. The van der Waals surface area contributed by atoms with E-state index in [-0.39, 0.29) is 5.60 Å². The van der Waals surface area contributed by atoms with E-state index in [2.05, 4.69) is 53.8 Å². The Morgan fingerprint density at radius 2 is 1.56 bits per heavy atom. The van der Waals surface area contributed by atoms with Crippen LogP contribution in [0.15, 0.2) is 0 Å². The zero-order valence-corrected chi connectivity index (χ0v) is 13.7. The van der Waals surface area contributed by atoms with Gasteiger partial charge in [0.15, 0.2) is 0 Å². The molecule has 0 aliphatic rings. The van der Waals surface area contributed by atoms with Gasteiger partial charge in [0.05, 0.1) is 5.60 Å². The highest BCUT2D eigenvalue weighted by Crippen LogP contribution is 2.31. The van der Waals surface area contributed by atoms with Gasteiger partial charge in [0.1, 0.15) is 0 Å². The van der Waals surface area contributed by atoms with Gasteiger partial charge in [-0.1, -0.05) is 41.5 Å². The predicted octanol–water partition coefficient (Wildman–Crippen LogP) is 4.39. The lowest BCUT2D eigenvalue weighted by molar-refractivity contribution is -0.0750. The third-order valence-corrected chi connectivity index (χ3v) is 3.90. The molecule has 1 atom stereocenters. The van der Waals surface area contributed by atoms with E-state index >= 15 is 0 Å². The first-order chi connectivity index (χ1) is 8.35. The highest BCUT2D eigenvalue weighted by atomic mass is 16.5. The van der Waals surface area contributed by atoms with E-state index in [0.29, 0.717) is 11.5 Å².